The fraction of sp³-hybridized carbons (Fsp3) is 0.462. The highest BCUT2D eigenvalue weighted by atomic mass is 19.1. The van der Waals surface area contributed by atoms with Crippen molar-refractivity contribution >= 4 is 5.91 Å². The number of amides is 1. The number of nitrogens with one attached hydrogen (secondary N) is 1. The van der Waals surface area contributed by atoms with Crippen molar-refractivity contribution < 1.29 is 18.0 Å². The summed E-state index contributed by atoms with van der Waals surface area (Å²) in [6.45, 7) is 2.52. The molecule has 0 saturated carbocycles. The third-order valence-electron chi connectivity index (χ3n) is 2.55. The Hall–Kier alpha value is -1.52. The van der Waals surface area contributed by atoms with Crippen molar-refractivity contribution in [3.8, 4) is 0 Å². The molecule has 1 aromatic rings. The Morgan fingerprint density at radius 3 is 2.33 bits per heavy atom. The smallest absolute Gasteiger partial charge is 0.224 e. The van der Waals surface area contributed by atoms with Gasteiger partial charge in [0.25, 0.3) is 0 Å². The number of carbonyl (C=O) groups excluding carboxylic acids is 1. The molecule has 0 atom stereocenters. The predicted molar refractivity (Wildman–Crippen MR) is 62.6 cm³/mol. The zero-order valence-corrected chi connectivity index (χ0v) is 10.2. The summed E-state index contributed by atoms with van der Waals surface area (Å²) < 4.78 is 39.2. The van der Waals surface area contributed by atoms with Gasteiger partial charge in [0.1, 0.15) is 17.5 Å². The zero-order chi connectivity index (χ0) is 13.5. The molecule has 0 spiro atoms. The second-order valence-electron chi connectivity index (χ2n) is 4.08. The summed E-state index contributed by atoms with van der Waals surface area (Å²) in [5.74, 6) is -3.51. The van der Waals surface area contributed by atoms with Crippen LogP contribution in [0.4, 0.5) is 13.2 Å². The lowest BCUT2D eigenvalue weighted by Crippen LogP contribution is -2.26. The quantitative estimate of drug-likeness (QED) is 0.782. The molecule has 0 fully saturated rings. The van der Waals surface area contributed by atoms with Crippen molar-refractivity contribution in [1.82, 2.24) is 5.32 Å². The summed E-state index contributed by atoms with van der Waals surface area (Å²) in [7, 11) is 0. The highest BCUT2D eigenvalue weighted by Crippen LogP contribution is 2.15. The van der Waals surface area contributed by atoms with Gasteiger partial charge in [0.05, 0.1) is 6.42 Å². The molecule has 1 rings (SSSR count). The lowest BCUT2D eigenvalue weighted by Gasteiger charge is -2.07. The van der Waals surface area contributed by atoms with E-state index in [0.29, 0.717) is 18.7 Å². The molecule has 1 N–H and O–H groups in total. The molecule has 5 heteroatoms. The predicted octanol–water partition coefficient (Wildman–Crippen LogP) is 2.95. The van der Waals surface area contributed by atoms with Gasteiger partial charge in [-0.3, -0.25) is 4.79 Å². The van der Waals surface area contributed by atoms with Crippen LogP contribution in [-0.2, 0) is 11.2 Å². The van der Waals surface area contributed by atoms with Gasteiger partial charge in [-0.2, -0.15) is 0 Å². The minimum Gasteiger partial charge on any atom is -0.356 e. The first-order chi connectivity index (χ1) is 8.54. The van der Waals surface area contributed by atoms with E-state index in [9.17, 15) is 18.0 Å². The van der Waals surface area contributed by atoms with E-state index < -0.39 is 35.3 Å². The number of unbranched alkanes of at least 4 members (excludes halogenated alkanes) is 2. The van der Waals surface area contributed by atoms with E-state index in [1.165, 1.54) is 0 Å². The minimum atomic E-state index is -1.03. The third-order valence-corrected chi connectivity index (χ3v) is 2.55. The van der Waals surface area contributed by atoms with Crippen LogP contribution in [0.3, 0.4) is 0 Å². The standard InChI is InChI=1S/C13H16F3NO/c1-2-3-4-5-17-13(18)8-10-11(15)6-9(14)7-12(10)16/h6-7H,2-5,8H2,1H3,(H,17,18). The van der Waals surface area contributed by atoms with E-state index in [1.807, 2.05) is 6.92 Å². The molecule has 0 unspecified atom stereocenters. The molecule has 0 aliphatic heterocycles. The highest BCUT2D eigenvalue weighted by Gasteiger charge is 2.14. The van der Waals surface area contributed by atoms with Gasteiger partial charge in [0.15, 0.2) is 0 Å². The topological polar surface area (TPSA) is 29.1 Å². The van der Waals surface area contributed by atoms with Crippen molar-refractivity contribution in [3.05, 3.63) is 35.1 Å². The van der Waals surface area contributed by atoms with Crippen LogP contribution < -0.4 is 5.32 Å². The Morgan fingerprint density at radius 1 is 1.17 bits per heavy atom. The first-order valence-electron chi connectivity index (χ1n) is 5.94. The molecular weight excluding hydrogens is 243 g/mol. The molecule has 0 radical (unpaired) electrons. The number of rotatable bonds is 6. The summed E-state index contributed by atoms with van der Waals surface area (Å²) in [5.41, 5.74) is -0.399. The molecule has 18 heavy (non-hydrogen) atoms. The molecule has 0 aliphatic rings. The molecule has 0 aromatic heterocycles. The van der Waals surface area contributed by atoms with E-state index in [0.717, 1.165) is 19.3 Å². The molecule has 0 heterocycles. The second kappa shape index (κ2) is 7.03. The Balaban J connectivity index is 2.54. The molecule has 100 valence electrons. The van der Waals surface area contributed by atoms with Crippen molar-refractivity contribution in [1.29, 1.82) is 0 Å². The van der Waals surface area contributed by atoms with Crippen molar-refractivity contribution in [2.45, 2.75) is 32.6 Å². The second-order valence-corrected chi connectivity index (χ2v) is 4.08. The van der Waals surface area contributed by atoms with Crippen molar-refractivity contribution in [3.63, 3.8) is 0 Å². The summed E-state index contributed by atoms with van der Waals surface area (Å²) in [6, 6.07) is 1.14. The Kier molecular flexibility index (Phi) is 5.68. The first kappa shape index (κ1) is 14.5. The van der Waals surface area contributed by atoms with Crippen LogP contribution in [-0.4, -0.2) is 12.5 Å². The van der Waals surface area contributed by atoms with Gasteiger partial charge in [-0.05, 0) is 6.42 Å². The Morgan fingerprint density at radius 2 is 1.78 bits per heavy atom. The summed E-state index contributed by atoms with van der Waals surface area (Å²) in [6.07, 6.45) is 2.43. The average molecular weight is 259 g/mol. The van der Waals surface area contributed by atoms with Gasteiger partial charge in [-0.25, -0.2) is 13.2 Å². The SMILES string of the molecule is CCCCCNC(=O)Cc1c(F)cc(F)cc1F. The number of halogens is 3. The Bertz CT molecular complexity index is 398. The fourth-order valence-corrected chi connectivity index (χ4v) is 1.57. The van der Waals surface area contributed by atoms with Crippen LogP contribution in [0, 0.1) is 17.5 Å². The van der Waals surface area contributed by atoms with Crippen molar-refractivity contribution in [2.75, 3.05) is 6.54 Å². The van der Waals surface area contributed by atoms with E-state index in [-0.39, 0.29) is 0 Å². The molecule has 0 bridgehead atoms. The van der Waals surface area contributed by atoms with Gasteiger partial charge in [0, 0.05) is 24.2 Å². The largest absolute Gasteiger partial charge is 0.356 e. The van der Waals surface area contributed by atoms with Gasteiger partial charge in [-0.1, -0.05) is 19.8 Å². The average Bonchev–Trinajstić information content (AvgIpc) is 2.29. The van der Waals surface area contributed by atoms with E-state index in [4.69, 9.17) is 0 Å². The molecule has 1 aromatic carbocycles. The first-order valence-corrected chi connectivity index (χ1v) is 5.94. The third kappa shape index (κ3) is 4.39. The maximum Gasteiger partial charge on any atom is 0.224 e. The lowest BCUT2D eigenvalue weighted by molar-refractivity contribution is -0.120. The molecular formula is C13H16F3NO. The Labute approximate surface area is 104 Å². The van der Waals surface area contributed by atoms with Gasteiger partial charge in [0.2, 0.25) is 5.91 Å². The van der Waals surface area contributed by atoms with Crippen LogP contribution in [0.25, 0.3) is 0 Å². The monoisotopic (exact) mass is 259 g/mol. The van der Waals surface area contributed by atoms with Crippen molar-refractivity contribution in [2.24, 2.45) is 0 Å². The van der Waals surface area contributed by atoms with Gasteiger partial charge in [-0.15, -0.1) is 0 Å². The zero-order valence-electron chi connectivity index (χ0n) is 10.2. The van der Waals surface area contributed by atoms with Crippen LogP contribution in [0.2, 0.25) is 0 Å². The maximum atomic E-state index is 13.3. The van der Waals surface area contributed by atoms with E-state index in [2.05, 4.69) is 5.32 Å². The van der Waals surface area contributed by atoms with Crippen LogP contribution in [0.15, 0.2) is 12.1 Å². The minimum absolute atomic E-state index is 0.399. The number of benzene rings is 1. The molecule has 0 saturated heterocycles. The van der Waals surface area contributed by atoms with Crippen LogP contribution in [0.1, 0.15) is 31.7 Å². The van der Waals surface area contributed by atoms with Gasteiger partial charge < -0.3 is 5.32 Å². The molecule has 0 aliphatic carbocycles. The normalized spacial score (nSPS) is 10.4. The molecule has 1 amide bonds. The fourth-order valence-electron chi connectivity index (χ4n) is 1.57. The molecule has 2 nitrogen and oxygen atoms in total. The van der Waals surface area contributed by atoms with E-state index >= 15 is 0 Å². The van der Waals surface area contributed by atoms with Crippen LogP contribution >= 0.6 is 0 Å². The lowest BCUT2D eigenvalue weighted by atomic mass is 10.1. The number of hydrogen-bond donors (Lipinski definition) is 1. The van der Waals surface area contributed by atoms with Crippen LogP contribution in [0.5, 0.6) is 0 Å². The summed E-state index contributed by atoms with van der Waals surface area (Å²) in [4.78, 5) is 11.4. The number of hydrogen-bond acceptors (Lipinski definition) is 1. The van der Waals surface area contributed by atoms with Gasteiger partial charge >= 0.3 is 0 Å². The maximum absolute atomic E-state index is 13.3. The summed E-state index contributed by atoms with van der Waals surface area (Å²) >= 11 is 0. The highest BCUT2D eigenvalue weighted by molar-refractivity contribution is 5.78. The summed E-state index contributed by atoms with van der Waals surface area (Å²) in [5, 5.41) is 2.57. The number of carbonyl (C=O) groups is 1. The van der Waals surface area contributed by atoms with E-state index in [1.54, 1.807) is 0 Å².